The molecule has 0 unspecified atom stereocenters. The molecule has 0 atom stereocenters. The molecule has 2 aromatic carbocycles. The highest BCUT2D eigenvalue weighted by molar-refractivity contribution is 6.04. The Morgan fingerprint density at radius 3 is 2.56 bits per heavy atom. The van der Waals surface area contributed by atoms with Gasteiger partial charge in [0.1, 0.15) is 12.1 Å². The number of carbonyl (C=O) groups is 1. The van der Waals surface area contributed by atoms with Crippen LogP contribution < -0.4 is 5.32 Å². The summed E-state index contributed by atoms with van der Waals surface area (Å²) in [5, 5.41) is 13.5. The fourth-order valence-corrected chi connectivity index (χ4v) is 3.57. The normalized spacial score (nSPS) is 14.9. The van der Waals surface area contributed by atoms with E-state index in [1.54, 1.807) is 6.07 Å². The number of carbonyl (C=O) groups excluding carboxylic acids is 1. The maximum atomic E-state index is 14.1. The third-order valence-electron chi connectivity index (χ3n) is 5.06. The molecule has 1 aromatic heterocycles. The van der Waals surface area contributed by atoms with Gasteiger partial charge in [-0.3, -0.25) is 4.79 Å². The Balaban J connectivity index is 1.49. The first-order chi connectivity index (χ1) is 13.2. The minimum Gasteiger partial charge on any atom is -0.319 e. The second-order valence-electron chi connectivity index (χ2n) is 6.83. The highest BCUT2D eigenvalue weighted by Crippen LogP contribution is 2.32. The van der Waals surface area contributed by atoms with Crippen LogP contribution in [0.15, 0.2) is 48.8 Å². The second-order valence-corrected chi connectivity index (χ2v) is 6.83. The van der Waals surface area contributed by atoms with Crippen molar-refractivity contribution in [2.24, 2.45) is 0 Å². The summed E-state index contributed by atoms with van der Waals surface area (Å²) < 4.78 is 15.5. The lowest BCUT2D eigenvalue weighted by molar-refractivity contribution is 0.102. The van der Waals surface area contributed by atoms with Gasteiger partial charge in [-0.25, -0.2) is 9.07 Å². The van der Waals surface area contributed by atoms with Gasteiger partial charge in [0.05, 0.1) is 11.4 Å². The molecule has 138 valence electrons. The van der Waals surface area contributed by atoms with Gasteiger partial charge in [0, 0.05) is 5.56 Å². The number of rotatable bonds is 4. The molecule has 3 aromatic rings. The minimum atomic E-state index is -0.515. The number of amides is 1. The van der Waals surface area contributed by atoms with Gasteiger partial charge < -0.3 is 5.32 Å². The first-order valence-corrected chi connectivity index (χ1v) is 9.15. The molecule has 27 heavy (non-hydrogen) atoms. The Hall–Kier alpha value is -3.09. The number of tetrazole rings is 1. The largest absolute Gasteiger partial charge is 0.319 e. The van der Waals surface area contributed by atoms with Crippen LogP contribution in [0.3, 0.4) is 0 Å². The summed E-state index contributed by atoms with van der Waals surface area (Å²) in [6.07, 6.45) is 7.67. The quantitative estimate of drug-likeness (QED) is 0.755. The van der Waals surface area contributed by atoms with E-state index in [2.05, 4.69) is 20.8 Å². The van der Waals surface area contributed by atoms with Crippen LogP contribution in [0.2, 0.25) is 0 Å². The van der Waals surface area contributed by atoms with E-state index in [0.717, 1.165) is 0 Å². The summed E-state index contributed by atoms with van der Waals surface area (Å²) in [7, 11) is 0. The molecule has 6 nitrogen and oxygen atoms in total. The molecule has 1 heterocycles. The van der Waals surface area contributed by atoms with Crippen LogP contribution in [-0.2, 0) is 0 Å². The maximum Gasteiger partial charge on any atom is 0.255 e. The van der Waals surface area contributed by atoms with Crippen molar-refractivity contribution in [2.75, 3.05) is 5.32 Å². The molecule has 4 rings (SSSR count). The number of nitrogens with zero attached hydrogens (tertiary/aromatic N) is 4. The van der Waals surface area contributed by atoms with Crippen molar-refractivity contribution in [1.82, 2.24) is 20.2 Å². The number of halogens is 1. The van der Waals surface area contributed by atoms with Crippen molar-refractivity contribution in [1.29, 1.82) is 0 Å². The van der Waals surface area contributed by atoms with Gasteiger partial charge >= 0.3 is 0 Å². The minimum absolute atomic E-state index is 0.0874. The van der Waals surface area contributed by atoms with E-state index >= 15 is 0 Å². The molecule has 0 bridgehead atoms. The average Bonchev–Trinajstić information content (AvgIpc) is 3.25. The maximum absolute atomic E-state index is 14.1. The molecule has 7 heteroatoms. The van der Waals surface area contributed by atoms with Gasteiger partial charge in [0.15, 0.2) is 0 Å². The molecule has 1 amide bonds. The SMILES string of the molecule is O=C(Nc1cc(-n2cnnn2)ccc1F)c1ccc(C2CCCCC2)cc1. The van der Waals surface area contributed by atoms with Gasteiger partial charge in [0.2, 0.25) is 0 Å². The molecule has 1 N–H and O–H groups in total. The van der Waals surface area contributed by atoms with Crippen molar-refractivity contribution in [3.63, 3.8) is 0 Å². The first-order valence-electron chi connectivity index (χ1n) is 9.15. The van der Waals surface area contributed by atoms with Crippen LogP contribution in [0.25, 0.3) is 5.69 Å². The lowest BCUT2D eigenvalue weighted by Crippen LogP contribution is -2.14. The Bertz CT molecular complexity index is 918. The molecule has 0 spiro atoms. The fourth-order valence-electron chi connectivity index (χ4n) is 3.57. The zero-order valence-electron chi connectivity index (χ0n) is 14.8. The van der Waals surface area contributed by atoms with Crippen molar-refractivity contribution < 1.29 is 9.18 Å². The van der Waals surface area contributed by atoms with E-state index in [0.29, 0.717) is 17.2 Å². The smallest absolute Gasteiger partial charge is 0.255 e. The van der Waals surface area contributed by atoms with E-state index < -0.39 is 5.82 Å². The number of anilines is 1. The number of aromatic nitrogens is 4. The van der Waals surface area contributed by atoms with E-state index in [4.69, 9.17) is 0 Å². The highest BCUT2D eigenvalue weighted by atomic mass is 19.1. The highest BCUT2D eigenvalue weighted by Gasteiger charge is 2.16. The summed E-state index contributed by atoms with van der Waals surface area (Å²) in [6, 6.07) is 12.0. The second kappa shape index (κ2) is 7.65. The third-order valence-corrected chi connectivity index (χ3v) is 5.06. The fraction of sp³-hybridized carbons (Fsp3) is 0.300. The van der Waals surface area contributed by atoms with E-state index in [9.17, 15) is 9.18 Å². The van der Waals surface area contributed by atoms with Crippen LogP contribution in [0.1, 0.15) is 53.9 Å². The molecular weight excluding hydrogens is 345 g/mol. The Morgan fingerprint density at radius 2 is 1.85 bits per heavy atom. The predicted octanol–water partition coefficient (Wildman–Crippen LogP) is 4.10. The van der Waals surface area contributed by atoms with Crippen molar-refractivity contribution in [2.45, 2.75) is 38.0 Å². The van der Waals surface area contributed by atoms with Gasteiger partial charge in [-0.15, -0.1) is 5.10 Å². The summed E-state index contributed by atoms with van der Waals surface area (Å²) in [6.45, 7) is 0. The lowest BCUT2D eigenvalue weighted by atomic mass is 9.84. The molecule has 0 saturated heterocycles. The molecule has 0 radical (unpaired) electrons. The van der Waals surface area contributed by atoms with Gasteiger partial charge in [-0.2, -0.15) is 0 Å². The van der Waals surface area contributed by atoms with Crippen molar-refractivity contribution >= 4 is 11.6 Å². The van der Waals surface area contributed by atoms with Crippen LogP contribution in [0.4, 0.5) is 10.1 Å². The summed E-state index contributed by atoms with van der Waals surface area (Å²) in [5.41, 5.74) is 2.42. The Kier molecular flexibility index (Phi) is 4.91. The van der Waals surface area contributed by atoms with Crippen molar-refractivity contribution in [3.05, 3.63) is 65.7 Å². The summed E-state index contributed by atoms with van der Waals surface area (Å²) in [5.74, 6) is -0.279. The molecule has 1 aliphatic rings. The average molecular weight is 365 g/mol. The topological polar surface area (TPSA) is 72.7 Å². The van der Waals surface area contributed by atoms with Gasteiger partial charge in [0.25, 0.3) is 5.91 Å². The molecule has 1 fully saturated rings. The van der Waals surface area contributed by atoms with Crippen LogP contribution in [-0.4, -0.2) is 26.1 Å². The van der Waals surface area contributed by atoms with Gasteiger partial charge in [-0.1, -0.05) is 31.4 Å². The van der Waals surface area contributed by atoms with E-state index in [1.165, 1.54) is 60.8 Å². The predicted molar refractivity (Wildman–Crippen MR) is 99.3 cm³/mol. The standard InChI is InChI=1S/C20H20FN5O/c21-18-11-10-17(26-13-22-24-25-26)12-19(18)23-20(27)16-8-6-15(7-9-16)14-4-2-1-3-5-14/h6-14H,1-5H2,(H,23,27). The van der Waals surface area contributed by atoms with E-state index in [1.807, 2.05) is 24.3 Å². The number of hydrogen-bond acceptors (Lipinski definition) is 4. The zero-order valence-corrected chi connectivity index (χ0v) is 14.8. The lowest BCUT2D eigenvalue weighted by Gasteiger charge is -2.22. The number of benzene rings is 2. The monoisotopic (exact) mass is 365 g/mol. The van der Waals surface area contributed by atoms with Crippen LogP contribution in [0, 0.1) is 5.82 Å². The summed E-state index contributed by atoms with van der Waals surface area (Å²) >= 11 is 0. The Labute approximate surface area is 156 Å². The van der Waals surface area contributed by atoms with Crippen LogP contribution >= 0.6 is 0 Å². The molecule has 1 saturated carbocycles. The third kappa shape index (κ3) is 3.86. The molecular formula is C20H20FN5O. The van der Waals surface area contributed by atoms with Crippen molar-refractivity contribution in [3.8, 4) is 5.69 Å². The zero-order chi connectivity index (χ0) is 18.6. The number of nitrogens with one attached hydrogen (secondary N) is 1. The Morgan fingerprint density at radius 1 is 1.07 bits per heavy atom. The molecule has 1 aliphatic carbocycles. The first kappa shape index (κ1) is 17.3. The summed E-state index contributed by atoms with van der Waals surface area (Å²) in [4.78, 5) is 12.5. The van der Waals surface area contributed by atoms with E-state index in [-0.39, 0.29) is 11.6 Å². The molecule has 0 aliphatic heterocycles. The number of hydrogen-bond donors (Lipinski definition) is 1. The van der Waals surface area contributed by atoms with Gasteiger partial charge in [-0.05, 0) is 65.1 Å². The van der Waals surface area contributed by atoms with Crippen LogP contribution in [0.5, 0.6) is 0 Å².